The minimum absolute atomic E-state index is 0.108. The fraction of sp³-hybridized carbons (Fsp3) is 0.698. The zero-order chi connectivity index (χ0) is 48.5. The van der Waals surface area contributed by atoms with Crippen molar-refractivity contribution in [3.05, 3.63) is 109 Å². The van der Waals surface area contributed by atoms with E-state index >= 15 is 0 Å². The van der Waals surface area contributed by atoms with E-state index in [0.29, 0.717) is 6.42 Å². The van der Waals surface area contributed by atoms with E-state index in [-0.39, 0.29) is 12.5 Å². The molecular weight excluding hydrogens is 819 g/mol. The molecule has 4 nitrogen and oxygen atoms in total. The molecule has 3 N–H and O–H groups in total. The van der Waals surface area contributed by atoms with Crippen molar-refractivity contribution in [2.45, 2.75) is 276 Å². The zero-order valence-electron chi connectivity index (χ0n) is 44.1. The van der Waals surface area contributed by atoms with Gasteiger partial charge in [-0.3, -0.25) is 4.79 Å². The number of nitrogens with one attached hydrogen (secondary N) is 1. The molecule has 2 unspecified atom stereocenters. The first-order valence-electron chi connectivity index (χ1n) is 28.6. The monoisotopic (exact) mass is 928 g/mol. The predicted molar refractivity (Wildman–Crippen MR) is 299 cm³/mol. The van der Waals surface area contributed by atoms with Gasteiger partial charge >= 0.3 is 0 Å². The lowest BCUT2D eigenvalue weighted by Gasteiger charge is -2.19. The summed E-state index contributed by atoms with van der Waals surface area (Å²) in [5, 5.41) is 23.2. The van der Waals surface area contributed by atoms with Crippen molar-refractivity contribution in [1.82, 2.24) is 5.32 Å². The number of hydrogen-bond donors (Lipinski definition) is 3. The van der Waals surface area contributed by atoms with Crippen molar-refractivity contribution in [1.29, 1.82) is 0 Å². The first-order valence-corrected chi connectivity index (χ1v) is 28.6. The van der Waals surface area contributed by atoms with Gasteiger partial charge in [-0.25, -0.2) is 0 Å². The molecule has 0 aromatic carbocycles. The Kier molecular flexibility index (Phi) is 54.8. The molecule has 2 atom stereocenters. The van der Waals surface area contributed by atoms with Crippen LogP contribution in [0.25, 0.3) is 0 Å². The third kappa shape index (κ3) is 53.9. The van der Waals surface area contributed by atoms with Gasteiger partial charge in [0, 0.05) is 6.42 Å². The molecule has 0 aliphatic carbocycles. The second-order valence-electron chi connectivity index (χ2n) is 19.0. The second-order valence-corrected chi connectivity index (χ2v) is 19.0. The standard InChI is InChI=1S/C63H109NO3/c1-3-5-7-9-11-13-15-17-19-21-23-25-27-29-31-33-34-36-38-40-42-44-46-48-50-52-54-56-58-62(66)61(60-65)64-63(67)59-57-55-53-51-49-47-45-43-41-39-37-35-32-30-28-26-24-22-20-18-16-14-12-10-8-6-4-2/h6,8,12,14,18,20,24,26,30,32,37,39,43,45,49,51,56,58,61-62,65-66H,3-5,7,9-11,13,15-17,19,21-23,25,27-29,31,33-36,38,40-42,44,46-48,50,52-55,57,59-60H2,1-2H3,(H,64,67)/b8-6-,14-12-,20-18-,26-24-,32-30-,39-37-,45-43-,51-49-,58-56+. The van der Waals surface area contributed by atoms with Gasteiger partial charge in [-0.15, -0.1) is 0 Å². The average Bonchev–Trinajstić information content (AvgIpc) is 3.33. The first kappa shape index (κ1) is 64.0. The van der Waals surface area contributed by atoms with Crippen molar-refractivity contribution in [3.8, 4) is 0 Å². The highest BCUT2D eigenvalue weighted by Gasteiger charge is 2.17. The van der Waals surface area contributed by atoms with E-state index in [1.165, 1.54) is 161 Å². The number of aliphatic hydroxyl groups is 2. The maximum Gasteiger partial charge on any atom is 0.220 e. The number of amides is 1. The van der Waals surface area contributed by atoms with Crippen molar-refractivity contribution in [3.63, 3.8) is 0 Å². The summed E-state index contributed by atoms with van der Waals surface area (Å²) in [5.41, 5.74) is 0. The molecular formula is C63H109NO3. The van der Waals surface area contributed by atoms with Gasteiger partial charge in [-0.05, 0) is 83.5 Å². The van der Waals surface area contributed by atoms with E-state index in [2.05, 4.69) is 116 Å². The minimum Gasteiger partial charge on any atom is -0.394 e. The van der Waals surface area contributed by atoms with Gasteiger partial charge in [-0.2, -0.15) is 0 Å². The van der Waals surface area contributed by atoms with Crippen LogP contribution in [-0.4, -0.2) is 34.9 Å². The molecule has 0 bridgehead atoms. The molecule has 0 saturated heterocycles. The molecule has 0 spiro atoms. The smallest absolute Gasteiger partial charge is 0.220 e. The minimum atomic E-state index is -0.867. The predicted octanol–water partition coefficient (Wildman–Crippen LogP) is 19.1. The molecule has 0 aromatic heterocycles. The van der Waals surface area contributed by atoms with Gasteiger partial charge in [-0.1, -0.05) is 284 Å². The molecule has 4 heteroatoms. The molecule has 0 heterocycles. The Morgan fingerprint density at radius 3 is 0.985 bits per heavy atom. The van der Waals surface area contributed by atoms with E-state index in [4.69, 9.17) is 0 Å². The summed E-state index contributed by atoms with van der Waals surface area (Å²) in [7, 11) is 0. The number of carbonyl (C=O) groups excluding carboxylic acids is 1. The third-order valence-corrected chi connectivity index (χ3v) is 12.5. The van der Waals surface area contributed by atoms with E-state index < -0.39 is 12.1 Å². The van der Waals surface area contributed by atoms with Gasteiger partial charge in [0.15, 0.2) is 0 Å². The molecule has 0 saturated carbocycles. The van der Waals surface area contributed by atoms with E-state index in [1.807, 2.05) is 6.08 Å². The summed E-state index contributed by atoms with van der Waals surface area (Å²) in [6, 6.07) is -0.655. The maximum absolute atomic E-state index is 12.5. The number of rotatable bonds is 51. The lowest BCUT2D eigenvalue weighted by atomic mass is 10.0. The highest BCUT2D eigenvalue weighted by Crippen LogP contribution is 2.16. The van der Waals surface area contributed by atoms with Crippen LogP contribution >= 0.6 is 0 Å². The normalized spacial score (nSPS) is 13.7. The fourth-order valence-corrected chi connectivity index (χ4v) is 8.20. The Morgan fingerprint density at radius 1 is 0.373 bits per heavy atom. The first-order chi connectivity index (χ1) is 33.2. The molecule has 0 aliphatic rings. The highest BCUT2D eigenvalue weighted by atomic mass is 16.3. The number of allylic oxidation sites excluding steroid dienone is 17. The molecule has 1 amide bonds. The van der Waals surface area contributed by atoms with E-state index in [9.17, 15) is 15.0 Å². The third-order valence-electron chi connectivity index (χ3n) is 12.5. The summed E-state index contributed by atoms with van der Waals surface area (Å²) in [6.45, 7) is 4.19. The highest BCUT2D eigenvalue weighted by molar-refractivity contribution is 5.76. The molecule has 0 fully saturated rings. The Morgan fingerprint density at radius 2 is 0.657 bits per heavy atom. The van der Waals surface area contributed by atoms with Gasteiger partial charge in [0.2, 0.25) is 5.91 Å². The quantitative estimate of drug-likeness (QED) is 0.0420. The topological polar surface area (TPSA) is 69.6 Å². The summed E-state index contributed by atoms with van der Waals surface area (Å²) < 4.78 is 0. The van der Waals surface area contributed by atoms with Crippen LogP contribution in [0.4, 0.5) is 0 Å². The van der Waals surface area contributed by atoms with Crippen LogP contribution in [0.1, 0.15) is 264 Å². The van der Waals surface area contributed by atoms with Crippen molar-refractivity contribution in [2.75, 3.05) is 6.61 Å². The fourth-order valence-electron chi connectivity index (χ4n) is 8.20. The maximum atomic E-state index is 12.5. The van der Waals surface area contributed by atoms with Crippen LogP contribution in [0.5, 0.6) is 0 Å². The SMILES string of the molecule is CC/C=C\C/C=C\C/C=C\C/C=C\C/C=C\C/C=C\C/C=C\C/C=C\CCCCC(=O)NC(CO)C(O)/C=C/CCCCCCCCCCCCCCCCCCCCCCCCCCCC. The molecule has 0 radical (unpaired) electrons. The van der Waals surface area contributed by atoms with E-state index in [0.717, 1.165) is 83.5 Å². The summed E-state index contributed by atoms with van der Waals surface area (Å²) in [6.07, 6.45) is 86.8. The van der Waals surface area contributed by atoms with Gasteiger partial charge in [0.05, 0.1) is 18.8 Å². The lowest BCUT2D eigenvalue weighted by molar-refractivity contribution is -0.123. The summed E-state index contributed by atoms with van der Waals surface area (Å²) in [4.78, 5) is 12.5. The van der Waals surface area contributed by atoms with Crippen LogP contribution in [0.3, 0.4) is 0 Å². The Hall–Kier alpha value is -2.95. The summed E-state index contributed by atoms with van der Waals surface area (Å²) in [5.74, 6) is -0.108. The van der Waals surface area contributed by atoms with Crippen LogP contribution in [0.15, 0.2) is 109 Å². The molecule has 0 rings (SSSR count). The Balaban J connectivity index is 3.63. The van der Waals surface area contributed by atoms with Crippen molar-refractivity contribution < 1.29 is 15.0 Å². The van der Waals surface area contributed by atoms with Gasteiger partial charge in [0.25, 0.3) is 0 Å². The average molecular weight is 929 g/mol. The van der Waals surface area contributed by atoms with Crippen LogP contribution in [0.2, 0.25) is 0 Å². The summed E-state index contributed by atoms with van der Waals surface area (Å²) >= 11 is 0. The number of aliphatic hydroxyl groups excluding tert-OH is 2. The molecule has 0 aromatic rings. The Bertz CT molecular complexity index is 1280. The number of unbranched alkanes of at least 4 members (excludes halogenated alkanes) is 28. The van der Waals surface area contributed by atoms with Gasteiger partial charge < -0.3 is 15.5 Å². The Labute approximate surface area is 416 Å². The molecule has 0 aliphatic heterocycles. The van der Waals surface area contributed by atoms with Gasteiger partial charge in [0.1, 0.15) is 0 Å². The number of hydrogen-bond acceptors (Lipinski definition) is 3. The van der Waals surface area contributed by atoms with Crippen molar-refractivity contribution >= 4 is 5.91 Å². The van der Waals surface area contributed by atoms with Crippen LogP contribution in [0, 0.1) is 0 Å². The molecule has 67 heavy (non-hydrogen) atoms. The lowest BCUT2D eigenvalue weighted by Crippen LogP contribution is -2.45. The molecule has 384 valence electrons. The van der Waals surface area contributed by atoms with Crippen molar-refractivity contribution in [2.24, 2.45) is 0 Å². The second kappa shape index (κ2) is 57.4. The van der Waals surface area contributed by atoms with Crippen LogP contribution < -0.4 is 5.32 Å². The van der Waals surface area contributed by atoms with E-state index in [1.54, 1.807) is 6.08 Å². The zero-order valence-corrected chi connectivity index (χ0v) is 44.1. The largest absolute Gasteiger partial charge is 0.394 e. The number of carbonyl (C=O) groups is 1. The van der Waals surface area contributed by atoms with Crippen LogP contribution in [-0.2, 0) is 4.79 Å².